The Morgan fingerprint density at radius 2 is 1.61 bits per heavy atom. The van der Waals surface area contributed by atoms with E-state index in [0.29, 0.717) is 11.3 Å². The Labute approximate surface area is 118 Å². The third-order valence-electron chi connectivity index (χ3n) is 2.87. The molecule has 0 unspecified atom stereocenters. The second-order valence-corrected chi connectivity index (χ2v) is 5.10. The molecule has 88 valence electrons. The van der Waals surface area contributed by atoms with Crippen LogP contribution in [-0.4, -0.2) is 11.7 Å². The summed E-state index contributed by atoms with van der Waals surface area (Å²) in [5.41, 5.74) is 1.90. The topological polar surface area (TPSA) is 37.4 Å². The van der Waals surface area contributed by atoms with Gasteiger partial charge in [0, 0.05) is 9.26 Å². The lowest BCUT2D eigenvalue weighted by molar-refractivity contribution is -0.113. The minimum Gasteiger partial charge on any atom is -0.283 e. The Balaban J connectivity index is 2.23. The van der Waals surface area contributed by atoms with Crippen LogP contribution in [-0.2, 0) is 4.79 Å². The van der Waals surface area contributed by atoms with Crippen molar-refractivity contribution in [2.75, 3.05) is 4.90 Å². The van der Waals surface area contributed by atoms with Crippen LogP contribution in [0, 0.1) is 3.57 Å². The molecule has 0 bridgehead atoms. The number of hydrogen-bond donors (Lipinski definition) is 0. The summed E-state index contributed by atoms with van der Waals surface area (Å²) < 4.78 is 0.807. The molecule has 0 aromatic heterocycles. The van der Waals surface area contributed by atoms with E-state index in [9.17, 15) is 9.59 Å². The third-order valence-corrected chi connectivity index (χ3v) is 3.77. The maximum Gasteiger partial charge on any atom is 0.304 e. The average molecular weight is 349 g/mol. The molecule has 18 heavy (non-hydrogen) atoms. The van der Waals surface area contributed by atoms with Crippen LogP contribution in [0.2, 0.25) is 0 Å². The van der Waals surface area contributed by atoms with Crippen molar-refractivity contribution in [3.8, 4) is 0 Å². The van der Waals surface area contributed by atoms with Gasteiger partial charge in [-0.2, -0.15) is 0 Å². The summed E-state index contributed by atoms with van der Waals surface area (Å²) in [5, 5.41) is 0. The fourth-order valence-corrected chi connectivity index (χ4v) is 2.80. The number of Topliss-reactive ketones (excluding diaryl/α,β-unsaturated/α-hetero) is 1. The molecular formula is C14H8INO2. The first kappa shape index (κ1) is 11.4. The monoisotopic (exact) mass is 349 g/mol. The van der Waals surface area contributed by atoms with Gasteiger partial charge in [0.05, 0.1) is 11.3 Å². The Kier molecular flexibility index (Phi) is 2.66. The van der Waals surface area contributed by atoms with Crippen molar-refractivity contribution in [1.29, 1.82) is 0 Å². The van der Waals surface area contributed by atoms with E-state index in [1.807, 2.05) is 42.5 Å². The van der Waals surface area contributed by atoms with Crippen molar-refractivity contribution in [3.05, 3.63) is 57.7 Å². The van der Waals surface area contributed by atoms with Crippen LogP contribution in [0.4, 0.5) is 11.4 Å². The number of fused-ring (bicyclic) bond motifs is 1. The van der Waals surface area contributed by atoms with E-state index < -0.39 is 11.7 Å². The first-order valence-corrected chi connectivity index (χ1v) is 6.50. The van der Waals surface area contributed by atoms with Gasteiger partial charge in [0.2, 0.25) is 0 Å². The minimum atomic E-state index is -0.486. The van der Waals surface area contributed by atoms with E-state index >= 15 is 0 Å². The third kappa shape index (κ3) is 1.56. The van der Waals surface area contributed by atoms with Crippen LogP contribution < -0.4 is 4.90 Å². The predicted octanol–water partition coefficient (Wildman–Crippen LogP) is 3.15. The summed E-state index contributed by atoms with van der Waals surface area (Å²) in [6, 6.07) is 14.7. The number of rotatable bonds is 1. The van der Waals surface area contributed by atoms with Crippen LogP contribution in [0.5, 0.6) is 0 Å². The van der Waals surface area contributed by atoms with Gasteiger partial charge in [-0.1, -0.05) is 24.3 Å². The quantitative estimate of drug-likeness (QED) is 0.586. The molecule has 0 radical (unpaired) electrons. The normalized spacial score (nSPS) is 13.9. The standard InChI is InChI=1S/C14H8INO2/c15-10-7-4-8-11-12(10)13(17)14(18)16(11)9-5-2-1-3-6-9/h1-8H. The summed E-state index contributed by atoms with van der Waals surface area (Å²) in [6.07, 6.45) is 0. The maximum absolute atomic E-state index is 12.1. The number of para-hydroxylation sites is 1. The number of amides is 1. The maximum atomic E-state index is 12.1. The number of ketones is 1. The van der Waals surface area contributed by atoms with Crippen LogP contribution in [0.1, 0.15) is 10.4 Å². The number of hydrogen-bond acceptors (Lipinski definition) is 2. The summed E-state index contributed by atoms with van der Waals surface area (Å²) >= 11 is 2.08. The van der Waals surface area contributed by atoms with Crippen molar-refractivity contribution >= 4 is 45.7 Å². The van der Waals surface area contributed by atoms with E-state index in [1.54, 1.807) is 6.07 Å². The highest BCUT2D eigenvalue weighted by Crippen LogP contribution is 2.37. The number of nitrogens with zero attached hydrogens (tertiary/aromatic N) is 1. The Hall–Kier alpha value is -1.69. The highest BCUT2D eigenvalue weighted by atomic mass is 127. The van der Waals surface area contributed by atoms with Gasteiger partial charge in [0.1, 0.15) is 0 Å². The molecule has 0 fully saturated rings. The van der Waals surface area contributed by atoms with Gasteiger partial charge in [-0.25, -0.2) is 0 Å². The van der Waals surface area contributed by atoms with E-state index in [1.165, 1.54) is 4.90 Å². The molecule has 1 aliphatic rings. The molecule has 0 saturated carbocycles. The molecule has 4 heteroatoms. The summed E-state index contributed by atoms with van der Waals surface area (Å²) in [4.78, 5) is 25.6. The van der Waals surface area contributed by atoms with Gasteiger partial charge in [-0.15, -0.1) is 0 Å². The first-order valence-electron chi connectivity index (χ1n) is 5.42. The van der Waals surface area contributed by atoms with Crippen molar-refractivity contribution in [1.82, 2.24) is 0 Å². The second-order valence-electron chi connectivity index (χ2n) is 3.94. The average Bonchev–Trinajstić information content (AvgIpc) is 2.64. The van der Waals surface area contributed by atoms with Crippen LogP contribution in [0.15, 0.2) is 48.5 Å². The number of anilines is 2. The smallest absolute Gasteiger partial charge is 0.283 e. The SMILES string of the molecule is O=C1C(=O)N(c2ccccc2)c2cccc(I)c21. The molecule has 1 amide bonds. The van der Waals surface area contributed by atoms with E-state index in [2.05, 4.69) is 22.6 Å². The predicted molar refractivity (Wildman–Crippen MR) is 77.1 cm³/mol. The zero-order valence-corrected chi connectivity index (χ0v) is 11.4. The molecule has 1 heterocycles. The number of carbonyl (C=O) groups excluding carboxylic acids is 2. The van der Waals surface area contributed by atoms with Crippen LogP contribution >= 0.6 is 22.6 Å². The lowest BCUT2D eigenvalue weighted by Crippen LogP contribution is -2.24. The molecule has 2 aromatic carbocycles. The van der Waals surface area contributed by atoms with Gasteiger partial charge < -0.3 is 0 Å². The van der Waals surface area contributed by atoms with E-state index in [4.69, 9.17) is 0 Å². The minimum absolute atomic E-state index is 0.432. The van der Waals surface area contributed by atoms with Crippen molar-refractivity contribution < 1.29 is 9.59 Å². The number of halogens is 1. The molecule has 0 aliphatic carbocycles. The van der Waals surface area contributed by atoms with Crippen LogP contribution in [0.25, 0.3) is 0 Å². The van der Waals surface area contributed by atoms with E-state index in [-0.39, 0.29) is 0 Å². The summed E-state index contributed by atoms with van der Waals surface area (Å²) in [6.45, 7) is 0. The highest BCUT2D eigenvalue weighted by Gasteiger charge is 2.37. The number of carbonyl (C=O) groups is 2. The molecule has 0 saturated heterocycles. The summed E-state index contributed by atoms with van der Waals surface area (Å²) in [7, 11) is 0. The molecule has 3 rings (SSSR count). The zero-order valence-electron chi connectivity index (χ0n) is 9.26. The zero-order chi connectivity index (χ0) is 12.7. The van der Waals surface area contributed by atoms with Gasteiger partial charge in [-0.05, 0) is 46.9 Å². The van der Waals surface area contributed by atoms with Crippen LogP contribution in [0.3, 0.4) is 0 Å². The largest absolute Gasteiger partial charge is 0.304 e. The van der Waals surface area contributed by atoms with E-state index in [0.717, 1.165) is 9.26 Å². The fourth-order valence-electron chi connectivity index (χ4n) is 2.08. The van der Waals surface area contributed by atoms with Gasteiger partial charge in [-0.3, -0.25) is 14.5 Å². The molecule has 0 atom stereocenters. The molecule has 2 aromatic rings. The van der Waals surface area contributed by atoms with Gasteiger partial charge in [0.15, 0.2) is 0 Å². The Morgan fingerprint density at radius 1 is 0.889 bits per heavy atom. The molecule has 1 aliphatic heterocycles. The molecule has 3 nitrogen and oxygen atoms in total. The summed E-state index contributed by atoms with van der Waals surface area (Å²) in [5.74, 6) is -0.917. The van der Waals surface area contributed by atoms with Crippen molar-refractivity contribution in [2.45, 2.75) is 0 Å². The van der Waals surface area contributed by atoms with Gasteiger partial charge >= 0.3 is 5.91 Å². The first-order chi connectivity index (χ1) is 8.70. The molecule has 0 spiro atoms. The lowest BCUT2D eigenvalue weighted by atomic mass is 10.1. The molecule has 0 N–H and O–H groups in total. The lowest BCUT2D eigenvalue weighted by Gasteiger charge is -2.16. The Morgan fingerprint density at radius 3 is 2.33 bits per heavy atom. The Bertz CT molecular complexity index is 652. The van der Waals surface area contributed by atoms with Gasteiger partial charge in [0.25, 0.3) is 5.78 Å². The fraction of sp³-hybridized carbons (Fsp3) is 0. The number of benzene rings is 2. The van der Waals surface area contributed by atoms with Crippen molar-refractivity contribution in [2.24, 2.45) is 0 Å². The van der Waals surface area contributed by atoms with Crippen molar-refractivity contribution in [3.63, 3.8) is 0 Å². The highest BCUT2D eigenvalue weighted by molar-refractivity contribution is 14.1. The molecular weight excluding hydrogens is 341 g/mol. The second kappa shape index (κ2) is 4.20.